The molecule has 0 spiro atoms. The minimum atomic E-state index is -0.555. The zero-order chi connectivity index (χ0) is 19.5. The van der Waals surface area contributed by atoms with E-state index in [1.54, 1.807) is 24.4 Å². The zero-order valence-corrected chi connectivity index (χ0v) is 14.6. The highest BCUT2D eigenvalue weighted by Gasteiger charge is 2.22. The summed E-state index contributed by atoms with van der Waals surface area (Å²) in [5.41, 5.74) is 2.33. The first kappa shape index (κ1) is 17.3. The molecule has 2 aromatic heterocycles. The molecule has 2 heterocycles. The summed E-state index contributed by atoms with van der Waals surface area (Å²) in [7, 11) is 0. The van der Waals surface area contributed by atoms with E-state index in [2.05, 4.69) is 20.3 Å². The van der Waals surface area contributed by atoms with Gasteiger partial charge in [-0.2, -0.15) is 0 Å². The summed E-state index contributed by atoms with van der Waals surface area (Å²) in [6.07, 6.45) is 3.08. The van der Waals surface area contributed by atoms with Crippen LogP contribution in [0.2, 0.25) is 0 Å². The van der Waals surface area contributed by atoms with Crippen LogP contribution in [0.4, 0.5) is 5.69 Å². The molecule has 0 fully saturated rings. The van der Waals surface area contributed by atoms with Crippen LogP contribution in [0.15, 0.2) is 73.1 Å². The molecule has 4 rings (SSSR count). The van der Waals surface area contributed by atoms with Crippen molar-refractivity contribution < 1.29 is 9.72 Å². The number of carbonyl (C=O) groups is 1. The van der Waals surface area contributed by atoms with E-state index < -0.39 is 11.0 Å². The van der Waals surface area contributed by atoms with Crippen LogP contribution in [-0.2, 0) is 0 Å². The number of imidazole rings is 1. The van der Waals surface area contributed by atoms with Gasteiger partial charge in [0.05, 0.1) is 21.5 Å². The molecule has 0 aliphatic heterocycles. The average Bonchev–Trinajstić information content (AvgIpc) is 3.16. The number of fused-ring (bicyclic) bond motifs is 1. The Bertz CT molecular complexity index is 1140. The molecule has 1 unspecified atom stereocenters. The number of hydrogen-bond acceptors (Lipinski definition) is 5. The third-order valence-electron chi connectivity index (χ3n) is 4.30. The van der Waals surface area contributed by atoms with Crippen molar-refractivity contribution in [3.05, 3.63) is 100 Å². The number of non-ortho nitro benzene ring substituents is 1. The fraction of sp³-hybridized carbons (Fsp3) is 0.0500. The van der Waals surface area contributed by atoms with Gasteiger partial charge in [0, 0.05) is 24.5 Å². The van der Waals surface area contributed by atoms with Crippen molar-refractivity contribution in [3.63, 3.8) is 0 Å². The van der Waals surface area contributed by atoms with E-state index in [4.69, 9.17) is 0 Å². The molecule has 0 aliphatic rings. The van der Waals surface area contributed by atoms with Crippen molar-refractivity contribution >= 4 is 22.6 Å². The van der Waals surface area contributed by atoms with Gasteiger partial charge in [0.25, 0.3) is 11.6 Å². The first-order valence-electron chi connectivity index (χ1n) is 8.52. The number of hydrogen-bond donors (Lipinski definition) is 2. The van der Waals surface area contributed by atoms with Crippen molar-refractivity contribution in [1.82, 2.24) is 20.3 Å². The van der Waals surface area contributed by atoms with Crippen molar-refractivity contribution in [2.24, 2.45) is 0 Å². The number of H-pyrrole nitrogens is 1. The van der Waals surface area contributed by atoms with Gasteiger partial charge in [-0.1, -0.05) is 30.3 Å². The third kappa shape index (κ3) is 3.43. The summed E-state index contributed by atoms with van der Waals surface area (Å²) in [5.74, 6) is 0.187. The van der Waals surface area contributed by atoms with Crippen LogP contribution in [0, 0.1) is 10.1 Å². The molecule has 0 saturated heterocycles. The summed E-state index contributed by atoms with van der Waals surface area (Å²) in [6.45, 7) is 0. The topological polar surface area (TPSA) is 114 Å². The Morgan fingerprint density at radius 3 is 2.64 bits per heavy atom. The van der Waals surface area contributed by atoms with Crippen molar-refractivity contribution in [2.45, 2.75) is 6.04 Å². The molecule has 138 valence electrons. The molecule has 1 amide bonds. The van der Waals surface area contributed by atoms with Crippen LogP contribution < -0.4 is 5.32 Å². The highest BCUT2D eigenvalue weighted by molar-refractivity contribution is 5.94. The van der Waals surface area contributed by atoms with E-state index in [0.29, 0.717) is 22.4 Å². The maximum absolute atomic E-state index is 12.7. The standard InChI is InChI=1S/C20H15N5O3/c26-20(14-7-4-10-21-12-14)24-18(13-5-2-1-3-6-13)19-22-16-9-8-15(25(27)28)11-17(16)23-19/h1-12,18H,(H,22,23)(H,24,26). The summed E-state index contributed by atoms with van der Waals surface area (Å²) in [6, 6.07) is 16.6. The van der Waals surface area contributed by atoms with E-state index in [-0.39, 0.29) is 11.6 Å². The molecule has 8 heteroatoms. The molecule has 0 aliphatic carbocycles. The monoisotopic (exact) mass is 373 g/mol. The molecule has 2 N–H and O–H groups in total. The van der Waals surface area contributed by atoms with Gasteiger partial charge in [-0.15, -0.1) is 0 Å². The number of aromatic nitrogens is 3. The number of nitrogens with one attached hydrogen (secondary N) is 2. The number of nitrogens with zero attached hydrogens (tertiary/aromatic N) is 3. The van der Waals surface area contributed by atoms with Crippen LogP contribution in [0.25, 0.3) is 11.0 Å². The molecule has 0 radical (unpaired) electrons. The minimum Gasteiger partial charge on any atom is -0.340 e. The van der Waals surface area contributed by atoms with Crippen LogP contribution in [0.1, 0.15) is 27.8 Å². The predicted octanol–water partition coefficient (Wildman–Crippen LogP) is 3.39. The second kappa shape index (κ2) is 7.28. The zero-order valence-electron chi connectivity index (χ0n) is 14.6. The highest BCUT2D eigenvalue weighted by Crippen LogP contribution is 2.25. The van der Waals surface area contributed by atoms with Gasteiger partial charge in [0.1, 0.15) is 11.9 Å². The SMILES string of the molecule is O=C(NC(c1ccccc1)c1nc2ccc([N+](=O)[O-])cc2[nH]1)c1cccnc1. The second-order valence-electron chi connectivity index (χ2n) is 6.14. The molecule has 8 nitrogen and oxygen atoms in total. The van der Waals surface area contributed by atoms with Gasteiger partial charge in [0.2, 0.25) is 0 Å². The Morgan fingerprint density at radius 2 is 1.93 bits per heavy atom. The number of aromatic amines is 1. The molecule has 2 aromatic carbocycles. The second-order valence-corrected chi connectivity index (χ2v) is 6.14. The van der Waals surface area contributed by atoms with Gasteiger partial charge in [-0.05, 0) is 23.8 Å². The number of carbonyl (C=O) groups excluding carboxylic acids is 1. The number of nitro benzene ring substituents is 1. The van der Waals surface area contributed by atoms with Crippen LogP contribution in [0.5, 0.6) is 0 Å². The van der Waals surface area contributed by atoms with Gasteiger partial charge >= 0.3 is 0 Å². The maximum Gasteiger partial charge on any atom is 0.271 e. The first-order chi connectivity index (χ1) is 13.6. The molecule has 1 atom stereocenters. The summed E-state index contributed by atoms with van der Waals surface area (Å²) >= 11 is 0. The highest BCUT2D eigenvalue weighted by atomic mass is 16.6. The van der Waals surface area contributed by atoms with Gasteiger partial charge < -0.3 is 10.3 Å². The van der Waals surface area contributed by atoms with Crippen LogP contribution in [0.3, 0.4) is 0 Å². The number of nitro groups is 1. The molecular formula is C20H15N5O3. The Morgan fingerprint density at radius 1 is 1.11 bits per heavy atom. The van der Waals surface area contributed by atoms with Crippen molar-refractivity contribution in [1.29, 1.82) is 0 Å². The van der Waals surface area contributed by atoms with E-state index in [1.165, 1.54) is 18.3 Å². The fourth-order valence-electron chi connectivity index (χ4n) is 2.93. The van der Waals surface area contributed by atoms with Crippen molar-refractivity contribution in [3.8, 4) is 0 Å². The number of pyridine rings is 1. The lowest BCUT2D eigenvalue weighted by Crippen LogP contribution is -2.30. The Kier molecular flexibility index (Phi) is 4.51. The van der Waals surface area contributed by atoms with Crippen molar-refractivity contribution in [2.75, 3.05) is 0 Å². The predicted molar refractivity (Wildman–Crippen MR) is 103 cm³/mol. The van der Waals surface area contributed by atoms with E-state index >= 15 is 0 Å². The first-order valence-corrected chi connectivity index (χ1v) is 8.52. The van der Waals surface area contributed by atoms with Crippen LogP contribution in [-0.4, -0.2) is 25.8 Å². The Balaban J connectivity index is 1.74. The normalized spacial score (nSPS) is 11.9. The number of benzene rings is 2. The summed E-state index contributed by atoms with van der Waals surface area (Å²) in [4.78, 5) is 34.8. The van der Waals surface area contributed by atoms with Gasteiger partial charge in [0.15, 0.2) is 0 Å². The lowest BCUT2D eigenvalue weighted by Gasteiger charge is -2.17. The van der Waals surface area contributed by atoms with E-state index in [1.807, 2.05) is 30.3 Å². The smallest absolute Gasteiger partial charge is 0.271 e. The lowest BCUT2D eigenvalue weighted by atomic mass is 10.1. The van der Waals surface area contributed by atoms with Gasteiger partial charge in [-0.3, -0.25) is 19.9 Å². The molecule has 4 aromatic rings. The summed E-state index contributed by atoms with van der Waals surface area (Å²) in [5, 5.41) is 14.0. The fourth-order valence-corrected chi connectivity index (χ4v) is 2.93. The third-order valence-corrected chi connectivity index (χ3v) is 4.30. The lowest BCUT2D eigenvalue weighted by molar-refractivity contribution is -0.384. The minimum absolute atomic E-state index is 0.0293. The van der Waals surface area contributed by atoms with Crippen LogP contribution >= 0.6 is 0 Å². The quantitative estimate of drug-likeness (QED) is 0.411. The van der Waals surface area contributed by atoms with E-state index in [0.717, 1.165) is 5.56 Å². The summed E-state index contributed by atoms with van der Waals surface area (Å²) < 4.78 is 0. The molecule has 28 heavy (non-hydrogen) atoms. The molecule has 0 bridgehead atoms. The number of amides is 1. The maximum atomic E-state index is 12.7. The van der Waals surface area contributed by atoms with E-state index in [9.17, 15) is 14.9 Å². The molecule has 0 saturated carbocycles. The largest absolute Gasteiger partial charge is 0.340 e. The molecular weight excluding hydrogens is 358 g/mol. The average molecular weight is 373 g/mol. The Hall–Kier alpha value is -4.07. The van der Waals surface area contributed by atoms with Gasteiger partial charge in [-0.25, -0.2) is 4.98 Å². The number of rotatable bonds is 5. The Labute approximate surface area is 159 Å².